The summed E-state index contributed by atoms with van der Waals surface area (Å²) < 4.78 is 93.2. The molecule has 0 radical (unpaired) electrons. The van der Waals surface area contributed by atoms with Gasteiger partial charge in [-0.05, 0) is 77.2 Å². The van der Waals surface area contributed by atoms with E-state index in [0.717, 1.165) is 0 Å². The smallest absolute Gasteiger partial charge is 0.416 e. The topological polar surface area (TPSA) is 96.3 Å². The molecule has 2 aliphatic heterocycles. The summed E-state index contributed by atoms with van der Waals surface area (Å²) in [6.07, 6.45) is -11.2. The van der Waals surface area contributed by atoms with E-state index in [1.165, 1.54) is 13.2 Å². The van der Waals surface area contributed by atoms with Crippen LogP contribution in [0.1, 0.15) is 49.5 Å². The molecule has 1 aliphatic carbocycles. The van der Waals surface area contributed by atoms with Crippen LogP contribution in [0, 0.1) is 33.2 Å². The minimum absolute atomic E-state index is 0.0220. The van der Waals surface area contributed by atoms with Crippen molar-refractivity contribution in [1.82, 2.24) is 0 Å². The molecule has 42 heavy (non-hydrogen) atoms. The Labute approximate surface area is 249 Å². The second-order valence-electron chi connectivity index (χ2n) is 11.2. The van der Waals surface area contributed by atoms with Gasteiger partial charge in [0.15, 0.2) is 17.3 Å². The van der Waals surface area contributed by atoms with Crippen LogP contribution in [0.4, 0.5) is 32.0 Å². The van der Waals surface area contributed by atoms with Gasteiger partial charge in [-0.1, -0.05) is 13.8 Å². The molecule has 6 atom stereocenters. The molecule has 5 rings (SSSR count). The third-order valence-electron chi connectivity index (χ3n) is 8.56. The van der Waals surface area contributed by atoms with E-state index in [2.05, 4.69) is 0 Å². The summed E-state index contributed by atoms with van der Waals surface area (Å²) >= 11 is 1.89. The number of anilines is 1. The van der Waals surface area contributed by atoms with Crippen molar-refractivity contribution >= 4 is 40.1 Å². The van der Waals surface area contributed by atoms with E-state index in [1.807, 2.05) is 22.6 Å². The Balaban J connectivity index is 1.58. The fraction of sp³-hybridized carbons (Fsp3) is 0.500. The number of carbonyl (C=O) groups excluding carboxylic acids is 2. The SMILES string of the molecule is COc1cc([C@@H]2C[C@H]3[C@H]4C(=O)N(c5cc(C(F)(F)F)cc(C(F)(F)F)c5)C(=O)[C@H]4C[C@H](C(C)C)[C@@]3(O)O2)cc(I)c1O. The second kappa shape index (κ2) is 10.3. The quantitative estimate of drug-likeness (QED) is 0.220. The van der Waals surface area contributed by atoms with Gasteiger partial charge in [-0.2, -0.15) is 26.3 Å². The number of alkyl halides is 6. The maximum atomic E-state index is 13.8. The molecule has 14 heteroatoms. The second-order valence-corrected chi connectivity index (χ2v) is 12.4. The molecule has 2 aromatic carbocycles. The molecule has 0 aromatic heterocycles. The number of benzene rings is 2. The van der Waals surface area contributed by atoms with Crippen LogP contribution in [0.3, 0.4) is 0 Å². The highest BCUT2D eigenvalue weighted by molar-refractivity contribution is 14.1. The highest BCUT2D eigenvalue weighted by atomic mass is 127. The number of nitrogens with zero attached hydrogens (tertiary/aromatic N) is 1. The van der Waals surface area contributed by atoms with Crippen LogP contribution in [0.25, 0.3) is 0 Å². The van der Waals surface area contributed by atoms with Gasteiger partial charge >= 0.3 is 12.4 Å². The van der Waals surface area contributed by atoms with Gasteiger partial charge < -0.3 is 19.7 Å². The number of hydrogen-bond acceptors (Lipinski definition) is 6. The lowest BCUT2D eigenvalue weighted by atomic mass is 9.62. The van der Waals surface area contributed by atoms with Gasteiger partial charge in [0, 0.05) is 11.8 Å². The Morgan fingerprint density at radius 1 is 1.00 bits per heavy atom. The van der Waals surface area contributed by atoms with Crippen LogP contribution < -0.4 is 9.64 Å². The van der Waals surface area contributed by atoms with Gasteiger partial charge in [0.05, 0.1) is 45.4 Å². The third-order valence-corrected chi connectivity index (χ3v) is 9.38. The number of aliphatic hydroxyl groups is 1. The summed E-state index contributed by atoms with van der Waals surface area (Å²) in [5.74, 6) is -8.09. The van der Waals surface area contributed by atoms with Crippen molar-refractivity contribution in [2.24, 2.45) is 29.6 Å². The predicted octanol–water partition coefficient (Wildman–Crippen LogP) is 6.29. The number of carbonyl (C=O) groups is 2. The molecule has 2 aromatic rings. The van der Waals surface area contributed by atoms with E-state index < -0.39 is 76.5 Å². The monoisotopic (exact) mass is 713 g/mol. The molecular formula is C28H26F6INO6. The number of phenols is 1. The van der Waals surface area contributed by atoms with Crippen LogP contribution in [0.2, 0.25) is 0 Å². The first-order chi connectivity index (χ1) is 19.4. The van der Waals surface area contributed by atoms with Gasteiger partial charge in [-0.15, -0.1) is 0 Å². The van der Waals surface area contributed by atoms with Crippen LogP contribution in [-0.4, -0.2) is 34.9 Å². The highest BCUT2D eigenvalue weighted by Crippen LogP contribution is 2.60. The molecule has 0 spiro atoms. The average Bonchev–Trinajstić information content (AvgIpc) is 3.37. The van der Waals surface area contributed by atoms with Crippen molar-refractivity contribution in [2.45, 2.75) is 50.9 Å². The molecule has 2 saturated heterocycles. The first-order valence-corrected chi connectivity index (χ1v) is 14.1. The summed E-state index contributed by atoms with van der Waals surface area (Å²) in [7, 11) is 1.35. The van der Waals surface area contributed by atoms with E-state index in [-0.39, 0.29) is 36.3 Å². The predicted molar refractivity (Wildman–Crippen MR) is 143 cm³/mol. The number of halogens is 7. The van der Waals surface area contributed by atoms with Crippen LogP contribution in [0.5, 0.6) is 11.5 Å². The number of rotatable bonds is 4. The lowest BCUT2D eigenvalue weighted by Gasteiger charge is -2.46. The number of amides is 2. The first kappa shape index (κ1) is 30.9. The summed E-state index contributed by atoms with van der Waals surface area (Å²) in [5, 5.41) is 22.2. The maximum Gasteiger partial charge on any atom is 0.416 e. The lowest BCUT2D eigenvalue weighted by Crippen LogP contribution is -2.55. The molecule has 0 unspecified atom stereocenters. The van der Waals surface area contributed by atoms with E-state index in [1.54, 1.807) is 19.9 Å². The van der Waals surface area contributed by atoms with E-state index >= 15 is 0 Å². The van der Waals surface area contributed by atoms with Crippen LogP contribution >= 0.6 is 22.6 Å². The number of fused-ring (bicyclic) bond motifs is 3. The Bertz CT molecular complexity index is 1410. The Hall–Kier alpha value is -2.59. The van der Waals surface area contributed by atoms with E-state index in [9.17, 15) is 46.1 Å². The van der Waals surface area contributed by atoms with Crippen molar-refractivity contribution in [3.05, 3.63) is 50.6 Å². The Morgan fingerprint density at radius 3 is 2.12 bits per heavy atom. The van der Waals surface area contributed by atoms with Crippen molar-refractivity contribution in [2.75, 3.05) is 12.0 Å². The zero-order valence-electron chi connectivity index (χ0n) is 22.4. The minimum atomic E-state index is -5.17. The minimum Gasteiger partial charge on any atom is -0.504 e. The molecule has 1 saturated carbocycles. The Morgan fingerprint density at radius 2 is 1.60 bits per heavy atom. The number of ether oxygens (including phenoxy) is 2. The van der Waals surface area contributed by atoms with Gasteiger partial charge in [0.2, 0.25) is 11.8 Å². The molecule has 2 heterocycles. The highest BCUT2D eigenvalue weighted by Gasteiger charge is 2.67. The largest absolute Gasteiger partial charge is 0.504 e. The van der Waals surface area contributed by atoms with Gasteiger partial charge in [-0.3, -0.25) is 14.5 Å². The fourth-order valence-electron chi connectivity index (χ4n) is 6.63. The van der Waals surface area contributed by atoms with Crippen LogP contribution in [0.15, 0.2) is 30.3 Å². The normalized spacial score (nSPS) is 29.7. The fourth-order valence-corrected chi connectivity index (χ4v) is 7.26. The molecule has 2 amide bonds. The molecule has 0 bridgehead atoms. The molecular weight excluding hydrogens is 687 g/mol. The first-order valence-electron chi connectivity index (χ1n) is 13.0. The number of aromatic hydroxyl groups is 1. The number of hydrogen-bond donors (Lipinski definition) is 2. The van der Waals surface area contributed by atoms with Crippen molar-refractivity contribution in [3.8, 4) is 11.5 Å². The standard InChI is InChI=1S/C28H26F6INO6/c1-11(2)17-9-16-22(18-10-20(42-26(17,18)40)12-4-19(35)23(37)21(5-12)41-3)25(39)36(24(16)38)15-7-13(27(29,30)31)6-14(8-15)28(32,33)34/h4-8,11,16-18,20,22,37,40H,9-10H2,1-3H3/t16-,17+,18-,20-,22-,26+/m0/s1. The zero-order valence-corrected chi connectivity index (χ0v) is 24.5. The third kappa shape index (κ3) is 4.92. The molecule has 3 aliphatic rings. The maximum absolute atomic E-state index is 13.8. The summed E-state index contributed by atoms with van der Waals surface area (Å²) in [6, 6.07) is 3.76. The van der Waals surface area contributed by atoms with E-state index in [4.69, 9.17) is 9.47 Å². The van der Waals surface area contributed by atoms with E-state index in [0.29, 0.717) is 26.2 Å². The summed E-state index contributed by atoms with van der Waals surface area (Å²) in [4.78, 5) is 27.8. The van der Waals surface area contributed by atoms with Gasteiger partial charge in [-0.25, -0.2) is 0 Å². The molecule has 228 valence electrons. The molecule has 7 nitrogen and oxygen atoms in total. The van der Waals surface area contributed by atoms with Crippen molar-refractivity contribution in [1.29, 1.82) is 0 Å². The lowest BCUT2D eigenvalue weighted by molar-refractivity contribution is -0.276. The zero-order chi connectivity index (χ0) is 31.1. The van der Waals surface area contributed by atoms with Crippen LogP contribution in [-0.2, 0) is 26.7 Å². The molecule has 3 fully saturated rings. The van der Waals surface area contributed by atoms with Crippen molar-refractivity contribution in [3.63, 3.8) is 0 Å². The summed E-state index contributed by atoms with van der Waals surface area (Å²) in [5.41, 5.74) is -3.63. The Kier molecular flexibility index (Phi) is 7.53. The van der Waals surface area contributed by atoms with Gasteiger partial charge in [0.25, 0.3) is 0 Å². The molecule has 2 N–H and O–H groups in total. The summed E-state index contributed by atoms with van der Waals surface area (Å²) in [6.45, 7) is 3.56. The number of phenolic OH excluding ortho intramolecular Hbond substituents is 1. The average molecular weight is 713 g/mol. The van der Waals surface area contributed by atoms with Gasteiger partial charge in [0.1, 0.15) is 0 Å². The number of imide groups is 1. The number of methoxy groups -OCH3 is 1. The van der Waals surface area contributed by atoms with Crippen molar-refractivity contribution < 1.29 is 55.6 Å².